The topological polar surface area (TPSA) is 30.9 Å². The van der Waals surface area contributed by atoms with E-state index in [0.29, 0.717) is 0 Å². The highest BCUT2D eigenvalue weighted by Crippen LogP contribution is 1.95. The van der Waals surface area contributed by atoms with Crippen molar-refractivity contribution < 1.29 is 13.3 Å². The van der Waals surface area contributed by atoms with Gasteiger partial charge in [-0.05, 0) is 33.5 Å². The highest BCUT2D eigenvalue weighted by Gasteiger charge is 2.09. The molecule has 0 unspecified atom stereocenters. The van der Waals surface area contributed by atoms with E-state index in [4.69, 9.17) is 13.3 Å². The van der Waals surface area contributed by atoms with Crippen LogP contribution in [0.3, 0.4) is 0 Å². The predicted molar refractivity (Wildman–Crippen MR) is 54.9 cm³/mol. The second-order valence-electron chi connectivity index (χ2n) is 3.14. The van der Waals surface area contributed by atoms with Gasteiger partial charge >= 0.3 is 9.53 Å². The highest BCUT2D eigenvalue weighted by atomic mass is 28.3. The van der Waals surface area contributed by atoms with E-state index < -0.39 is 9.53 Å². The van der Waals surface area contributed by atoms with Crippen LogP contribution < -0.4 is 0 Å². The lowest BCUT2D eigenvalue weighted by Crippen LogP contribution is -2.24. The Kier molecular flexibility index (Phi) is 8.68. The van der Waals surface area contributed by atoms with Gasteiger partial charge in [-0.15, -0.1) is 0 Å². The Morgan fingerprint density at radius 1 is 1.08 bits per heavy atom. The molecule has 0 atom stereocenters. The molecule has 0 amide bonds. The van der Waals surface area contributed by atoms with Crippen LogP contribution >= 0.6 is 0 Å². The Bertz CT molecular complexity index is 110. The third kappa shape index (κ3) is 8.39. The monoisotopic (exact) mass is 207 g/mol. The molecule has 0 saturated heterocycles. The average Bonchev–Trinajstić information content (AvgIpc) is 2.11. The van der Waals surface area contributed by atoms with Gasteiger partial charge in [0.15, 0.2) is 0 Å². The van der Waals surface area contributed by atoms with Gasteiger partial charge in [-0.1, -0.05) is 0 Å². The maximum atomic E-state index is 5.40. The van der Waals surface area contributed by atoms with Gasteiger partial charge in [0.05, 0.1) is 0 Å². The van der Waals surface area contributed by atoms with Gasteiger partial charge in [0.25, 0.3) is 0 Å². The molecule has 0 N–H and O–H groups in total. The third-order valence-electron chi connectivity index (χ3n) is 1.64. The van der Waals surface area contributed by atoms with E-state index in [-0.39, 0.29) is 0 Å². The van der Waals surface area contributed by atoms with Crippen LogP contribution in [0.1, 0.15) is 12.8 Å². The molecule has 4 nitrogen and oxygen atoms in total. The zero-order chi connectivity index (χ0) is 10.1. The lowest BCUT2D eigenvalue weighted by Gasteiger charge is -2.12. The fourth-order valence-corrected chi connectivity index (χ4v) is 1.77. The van der Waals surface area contributed by atoms with E-state index in [1.54, 1.807) is 14.2 Å². The molecule has 0 aliphatic heterocycles. The van der Waals surface area contributed by atoms with Crippen LogP contribution in [0.5, 0.6) is 0 Å². The summed E-state index contributed by atoms with van der Waals surface area (Å²) in [5.74, 6) is 0. The summed E-state index contributed by atoms with van der Waals surface area (Å²) in [5, 5.41) is 0. The standard InChI is InChI=1S/C8H21NO3Si/c1-9(2)7-5-6-8-12-13(10-3)11-4/h13H,5-8H2,1-4H3. The maximum Gasteiger partial charge on any atom is 0.483 e. The van der Waals surface area contributed by atoms with Crippen molar-refractivity contribution in [2.45, 2.75) is 12.8 Å². The Morgan fingerprint density at radius 2 is 1.69 bits per heavy atom. The van der Waals surface area contributed by atoms with E-state index in [2.05, 4.69) is 19.0 Å². The van der Waals surface area contributed by atoms with Gasteiger partial charge in [0.1, 0.15) is 0 Å². The van der Waals surface area contributed by atoms with Crippen LogP contribution in [0.4, 0.5) is 0 Å². The fraction of sp³-hybridized carbons (Fsp3) is 1.00. The molecule has 0 aromatic heterocycles. The number of rotatable bonds is 8. The molecule has 0 aliphatic carbocycles. The smallest absolute Gasteiger partial charge is 0.379 e. The number of unbranched alkanes of at least 4 members (excludes halogenated alkanes) is 1. The molecule has 0 aliphatic rings. The van der Waals surface area contributed by atoms with E-state index in [1.807, 2.05) is 0 Å². The molecule has 0 spiro atoms. The van der Waals surface area contributed by atoms with Crippen molar-refractivity contribution in [1.29, 1.82) is 0 Å². The highest BCUT2D eigenvalue weighted by molar-refractivity contribution is 6.36. The molecule has 0 radical (unpaired) electrons. The minimum atomic E-state index is -1.77. The second-order valence-corrected chi connectivity index (χ2v) is 4.99. The predicted octanol–water partition coefficient (Wildman–Crippen LogP) is 0.355. The van der Waals surface area contributed by atoms with Crippen LogP contribution in [-0.2, 0) is 13.3 Å². The van der Waals surface area contributed by atoms with E-state index >= 15 is 0 Å². The fourth-order valence-electron chi connectivity index (χ4n) is 0.942. The number of nitrogens with zero attached hydrogens (tertiary/aromatic N) is 1. The van der Waals surface area contributed by atoms with Crippen molar-refractivity contribution >= 4 is 9.53 Å². The average molecular weight is 207 g/mol. The molecular weight excluding hydrogens is 186 g/mol. The van der Waals surface area contributed by atoms with Crippen molar-refractivity contribution in [3.05, 3.63) is 0 Å². The van der Waals surface area contributed by atoms with E-state index in [9.17, 15) is 0 Å². The molecule has 80 valence electrons. The van der Waals surface area contributed by atoms with Crippen molar-refractivity contribution in [1.82, 2.24) is 4.90 Å². The summed E-state index contributed by atoms with van der Waals surface area (Å²) >= 11 is 0. The van der Waals surface area contributed by atoms with Crippen molar-refractivity contribution in [2.24, 2.45) is 0 Å². The van der Waals surface area contributed by atoms with Gasteiger partial charge in [-0.25, -0.2) is 0 Å². The van der Waals surface area contributed by atoms with Crippen LogP contribution in [0.15, 0.2) is 0 Å². The SMILES string of the molecule is CO[SiH](OC)OCCCCN(C)C. The summed E-state index contributed by atoms with van der Waals surface area (Å²) in [5.41, 5.74) is 0. The van der Waals surface area contributed by atoms with Gasteiger partial charge < -0.3 is 18.2 Å². The summed E-state index contributed by atoms with van der Waals surface area (Å²) in [6.07, 6.45) is 2.22. The van der Waals surface area contributed by atoms with Crippen LogP contribution in [0.25, 0.3) is 0 Å². The maximum absolute atomic E-state index is 5.40. The van der Waals surface area contributed by atoms with Gasteiger partial charge in [0, 0.05) is 20.8 Å². The first-order valence-corrected chi connectivity index (χ1v) is 5.94. The van der Waals surface area contributed by atoms with E-state index in [1.165, 1.54) is 0 Å². The molecule has 0 aromatic carbocycles. The molecule has 5 heteroatoms. The van der Waals surface area contributed by atoms with Crippen LogP contribution in [0, 0.1) is 0 Å². The molecule has 0 bridgehead atoms. The quantitative estimate of drug-likeness (QED) is 0.425. The van der Waals surface area contributed by atoms with Crippen molar-refractivity contribution in [3.8, 4) is 0 Å². The Hall–Kier alpha value is 0.0569. The first-order chi connectivity index (χ1) is 6.20. The molecule has 0 fully saturated rings. The summed E-state index contributed by atoms with van der Waals surface area (Å²) in [4.78, 5) is 2.17. The minimum Gasteiger partial charge on any atom is -0.379 e. The summed E-state index contributed by atoms with van der Waals surface area (Å²) in [7, 11) is 5.62. The van der Waals surface area contributed by atoms with Gasteiger partial charge in [0.2, 0.25) is 0 Å². The number of hydrogen-bond donors (Lipinski definition) is 0. The molecule has 0 saturated carbocycles. The third-order valence-corrected chi connectivity index (χ3v) is 2.92. The Labute approximate surface area is 82.7 Å². The summed E-state index contributed by atoms with van der Waals surface area (Å²) in [6.45, 7) is 1.85. The summed E-state index contributed by atoms with van der Waals surface area (Å²) < 4.78 is 15.4. The zero-order valence-electron chi connectivity index (χ0n) is 9.08. The van der Waals surface area contributed by atoms with Crippen LogP contribution in [-0.4, -0.2) is 55.9 Å². The minimum absolute atomic E-state index is 0.742. The van der Waals surface area contributed by atoms with Crippen molar-refractivity contribution in [3.63, 3.8) is 0 Å². The molecule has 0 heterocycles. The number of hydrogen-bond acceptors (Lipinski definition) is 4. The van der Waals surface area contributed by atoms with E-state index in [0.717, 1.165) is 26.0 Å². The normalized spacial score (nSPS) is 11.5. The largest absolute Gasteiger partial charge is 0.483 e. The summed E-state index contributed by atoms with van der Waals surface area (Å²) in [6, 6.07) is 0. The first-order valence-electron chi connectivity index (χ1n) is 4.52. The van der Waals surface area contributed by atoms with Crippen LogP contribution in [0.2, 0.25) is 0 Å². The molecule has 0 aromatic rings. The zero-order valence-corrected chi connectivity index (χ0v) is 10.2. The molecule has 13 heavy (non-hydrogen) atoms. The first kappa shape index (κ1) is 13.1. The second kappa shape index (κ2) is 8.65. The van der Waals surface area contributed by atoms with Gasteiger partial charge in [-0.2, -0.15) is 0 Å². The molecular formula is C8H21NO3Si. The van der Waals surface area contributed by atoms with Crippen molar-refractivity contribution in [2.75, 3.05) is 41.5 Å². The van der Waals surface area contributed by atoms with Gasteiger partial charge in [-0.3, -0.25) is 0 Å². The molecule has 0 rings (SSSR count). The lowest BCUT2D eigenvalue weighted by molar-refractivity contribution is 0.132. The Morgan fingerprint density at radius 3 is 2.15 bits per heavy atom. The Balaban J connectivity index is 3.14. The lowest BCUT2D eigenvalue weighted by atomic mass is 10.3.